The van der Waals surface area contributed by atoms with Gasteiger partial charge in [0.05, 0.1) is 11.3 Å². The van der Waals surface area contributed by atoms with Crippen molar-refractivity contribution in [3.63, 3.8) is 0 Å². The Bertz CT molecular complexity index is 813. The summed E-state index contributed by atoms with van der Waals surface area (Å²) < 4.78 is 11.6. The average molecular weight is 475 g/mol. The van der Waals surface area contributed by atoms with Gasteiger partial charge < -0.3 is 14.4 Å². The Labute approximate surface area is 202 Å². The van der Waals surface area contributed by atoms with Gasteiger partial charge >= 0.3 is 0 Å². The number of hydrogen-bond donors (Lipinski definition) is 1. The van der Waals surface area contributed by atoms with Crippen molar-refractivity contribution in [3.05, 3.63) is 35.4 Å². The molecule has 0 saturated carbocycles. The lowest BCUT2D eigenvalue weighted by Crippen LogP contribution is -2.54. The Morgan fingerprint density at radius 1 is 1.15 bits per heavy atom. The van der Waals surface area contributed by atoms with Gasteiger partial charge in [-0.1, -0.05) is 24.3 Å². The van der Waals surface area contributed by atoms with Gasteiger partial charge in [-0.05, 0) is 69.4 Å². The van der Waals surface area contributed by atoms with Crippen molar-refractivity contribution < 1.29 is 19.1 Å². The van der Waals surface area contributed by atoms with Gasteiger partial charge in [0.25, 0.3) is 0 Å². The Morgan fingerprint density at radius 3 is 2.67 bits per heavy atom. The molecule has 1 aliphatic carbocycles. The number of nitrogens with zero attached hydrogens (tertiary/aromatic N) is 1. The van der Waals surface area contributed by atoms with E-state index in [-0.39, 0.29) is 23.0 Å². The van der Waals surface area contributed by atoms with Crippen LogP contribution in [0.4, 0.5) is 0 Å². The smallest absolute Gasteiger partial charge is 0.241 e. The predicted molar refractivity (Wildman–Crippen MR) is 131 cm³/mol. The lowest BCUT2D eigenvalue weighted by atomic mass is 9.81. The van der Waals surface area contributed by atoms with Gasteiger partial charge in [-0.15, -0.1) is 11.8 Å². The fourth-order valence-electron chi connectivity index (χ4n) is 5.56. The van der Waals surface area contributed by atoms with Crippen LogP contribution >= 0.6 is 11.8 Å². The summed E-state index contributed by atoms with van der Waals surface area (Å²) in [7, 11) is 0. The van der Waals surface area contributed by atoms with Gasteiger partial charge in [0.2, 0.25) is 5.91 Å². The van der Waals surface area contributed by atoms with Gasteiger partial charge in [-0.2, -0.15) is 0 Å². The molecule has 182 valence electrons. The molecular formula is C26H38N2O4S. The number of carbonyl (C=O) groups is 2. The van der Waals surface area contributed by atoms with Gasteiger partial charge in [0.15, 0.2) is 6.29 Å². The van der Waals surface area contributed by atoms with Crippen molar-refractivity contribution in [2.75, 3.05) is 25.6 Å². The zero-order valence-electron chi connectivity index (χ0n) is 20.0. The first-order chi connectivity index (χ1) is 16.1. The number of Topliss-reactive ketones (excluding diaryl/α,β-unsaturated/α-hetero) is 1. The third kappa shape index (κ3) is 5.81. The molecule has 6 nitrogen and oxygen atoms in total. The van der Waals surface area contributed by atoms with Crippen LogP contribution in [0.3, 0.4) is 0 Å². The number of likely N-dealkylation sites (tertiary alicyclic amines) is 1. The normalized spacial score (nSPS) is 27.2. The van der Waals surface area contributed by atoms with Crippen LogP contribution in [-0.4, -0.2) is 65.8 Å². The molecule has 4 rings (SSSR count). The third-order valence-corrected chi connectivity index (χ3v) is 8.49. The molecule has 0 bridgehead atoms. The molecule has 0 spiro atoms. The summed E-state index contributed by atoms with van der Waals surface area (Å²) in [4.78, 5) is 28.6. The molecule has 7 heteroatoms. The van der Waals surface area contributed by atoms with Crippen LogP contribution < -0.4 is 5.32 Å². The van der Waals surface area contributed by atoms with E-state index in [2.05, 4.69) is 29.6 Å². The lowest BCUT2D eigenvalue weighted by molar-refractivity contribution is -0.175. The van der Waals surface area contributed by atoms with Crippen molar-refractivity contribution in [2.45, 2.75) is 82.4 Å². The van der Waals surface area contributed by atoms with E-state index in [4.69, 9.17) is 9.47 Å². The quantitative estimate of drug-likeness (QED) is 0.523. The summed E-state index contributed by atoms with van der Waals surface area (Å²) in [5.41, 5.74) is 2.89. The maximum absolute atomic E-state index is 13.5. The number of benzene rings is 1. The summed E-state index contributed by atoms with van der Waals surface area (Å²) in [6.45, 7) is 5.69. The minimum absolute atomic E-state index is 0.0249. The SMILES string of the molecule is CCOC(OCC)[C@@H]1CCCN1C(=O)[C@H]1NCSC1C(=O)CC[C@H]1CCc2ccccc2C1. The van der Waals surface area contributed by atoms with Gasteiger partial charge in [-0.25, -0.2) is 0 Å². The van der Waals surface area contributed by atoms with Crippen molar-refractivity contribution in [2.24, 2.45) is 5.92 Å². The molecule has 4 atom stereocenters. The molecule has 1 aromatic rings. The number of rotatable bonds is 10. The van der Waals surface area contributed by atoms with Crippen LogP contribution in [0.25, 0.3) is 0 Å². The van der Waals surface area contributed by atoms with Gasteiger partial charge in [0, 0.05) is 32.1 Å². The maximum Gasteiger partial charge on any atom is 0.241 e. The second kappa shape index (κ2) is 11.8. The van der Waals surface area contributed by atoms with E-state index >= 15 is 0 Å². The molecule has 2 aliphatic heterocycles. The number of ketones is 1. The van der Waals surface area contributed by atoms with E-state index in [0.717, 1.165) is 38.5 Å². The number of hydrogen-bond acceptors (Lipinski definition) is 6. The molecule has 1 unspecified atom stereocenters. The molecule has 2 saturated heterocycles. The molecule has 1 amide bonds. The molecule has 1 aromatic carbocycles. The zero-order valence-corrected chi connectivity index (χ0v) is 20.8. The summed E-state index contributed by atoms with van der Waals surface area (Å²) in [5, 5.41) is 3.01. The highest BCUT2D eigenvalue weighted by molar-refractivity contribution is 8.00. The van der Waals surface area contributed by atoms with Crippen LogP contribution in [-0.2, 0) is 31.9 Å². The second-order valence-corrected chi connectivity index (χ2v) is 10.4. The van der Waals surface area contributed by atoms with E-state index < -0.39 is 12.3 Å². The van der Waals surface area contributed by atoms with Crippen LogP contribution in [0, 0.1) is 5.92 Å². The number of aryl methyl sites for hydroxylation is 1. The predicted octanol–water partition coefficient (Wildman–Crippen LogP) is 3.56. The largest absolute Gasteiger partial charge is 0.351 e. The fraction of sp³-hybridized carbons (Fsp3) is 0.692. The summed E-state index contributed by atoms with van der Waals surface area (Å²) in [6.07, 6.45) is 6.19. The summed E-state index contributed by atoms with van der Waals surface area (Å²) in [5.74, 6) is 1.43. The topological polar surface area (TPSA) is 67.9 Å². The molecule has 33 heavy (non-hydrogen) atoms. The number of thioether (sulfide) groups is 1. The van der Waals surface area contributed by atoms with Crippen LogP contribution in [0.2, 0.25) is 0 Å². The highest BCUT2D eigenvalue weighted by Gasteiger charge is 2.44. The first kappa shape index (κ1) is 24.7. The van der Waals surface area contributed by atoms with E-state index in [9.17, 15) is 9.59 Å². The Morgan fingerprint density at radius 2 is 1.91 bits per heavy atom. The minimum atomic E-state index is -0.445. The number of amides is 1. The molecule has 0 radical (unpaired) electrons. The number of fused-ring (bicyclic) bond motifs is 1. The standard InChI is InChI=1S/C26H38N2O4S/c1-3-31-26(32-4-2)21-10-7-15-28(21)25(30)23-24(33-17-27-23)22(29)14-12-18-11-13-19-8-5-6-9-20(19)16-18/h5-6,8-9,18,21,23-24,26-27H,3-4,7,10-17H2,1-2H3/t18-,21+,23+,24?/m1/s1. The average Bonchev–Trinajstić information content (AvgIpc) is 3.52. The first-order valence-electron chi connectivity index (χ1n) is 12.6. The van der Waals surface area contributed by atoms with Gasteiger partial charge in [0.1, 0.15) is 11.8 Å². The first-order valence-corrected chi connectivity index (χ1v) is 13.6. The highest BCUT2D eigenvalue weighted by atomic mass is 32.2. The zero-order chi connectivity index (χ0) is 23.2. The van der Waals surface area contributed by atoms with E-state index in [1.807, 2.05) is 18.7 Å². The number of ether oxygens (including phenoxy) is 2. The second-order valence-electron chi connectivity index (χ2n) is 9.32. The van der Waals surface area contributed by atoms with E-state index in [1.54, 1.807) is 11.8 Å². The molecule has 0 aromatic heterocycles. The van der Waals surface area contributed by atoms with Crippen molar-refractivity contribution in [1.29, 1.82) is 0 Å². The molecule has 2 fully saturated rings. The van der Waals surface area contributed by atoms with Crippen molar-refractivity contribution >= 4 is 23.5 Å². The minimum Gasteiger partial charge on any atom is -0.351 e. The van der Waals surface area contributed by atoms with E-state index in [1.165, 1.54) is 11.1 Å². The number of nitrogens with one attached hydrogen (secondary N) is 1. The Kier molecular flexibility index (Phi) is 8.85. The number of carbonyl (C=O) groups excluding carboxylic acids is 2. The summed E-state index contributed by atoms with van der Waals surface area (Å²) >= 11 is 1.58. The molecule has 3 aliphatic rings. The van der Waals surface area contributed by atoms with Crippen LogP contribution in [0.5, 0.6) is 0 Å². The maximum atomic E-state index is 13.5. The summed E-state index contributed by atoms with van der Waals surface area (Å²) in [6, 6.07) is 8.14. The Hall–Kier alpha value is -1.41. The highest BCUT2D eigenvalue weighted by Crippen LogP contribution is 2.32. The van der Waals surface area contributed by atoms with E-state index in [0.29, 0.717) is 38.0 Å². The molecule has 2 heterocycles. The van der Waals surface area contributed by atoms with Crippen LogP contribution in [0.15, 0.2) is 24.3 Å². The molecule has 1 N–H and O–H groups in total. The molecular weight excluding hydrogens is 436 g/mol. The van der Waals surface area contributed by atoms with Crippen LogP contribution in [0.1, 0.15) is 57.1 Å². The monoisotopic (exact) mass is 474 g/mol. The Balaban J connectivity index is 1.34. The lowest BCUT2D eigenvalue weighted by Gasteiger charge is -2.33. The van der Waals surface area contributed by atoms with Crippen molar-refractivity contribution in [1.82, 2.24) is 10.2 Å². The third-order valence-electron chi connectivity index (χ3n) is 7.26. The van der Waals surface area contributed by atoms with Gasteiger partial charge in [-0.3, -0.25) is 14.9 Å². The van der Waals surface area contributed by atoms with Crippen molar-refractivity contribution in [3.8, 4) is 0 Å². The fourth-order valence-corrected chi connectivity index (χ4v) is 6.73.